The highest BCUT2D eigenvalue weighted by molar-refractivity contribution is 6.03. The number of nitrogens with zero attached hydrogens (tertiary/aromatic N) is 4. The molecule has 0 radical (unpaired) electrons. The first kappa shape index (κ1) is 24.9. The van der Waals surface area contributed by atoms with Crippen LogP contribution in [0.15, 0.2) is 24.3 Å². The number of ether oxygens (including phenoxy) is 3. The van der Waals surface area contributed by atoms with E-state index in [9.17, 15) is 9.59 Å². The van der Waals surface area contributed by atoms with E-state index in [1.54, 1.807) is 24.3 Å². The van der Waals surface area contributed by atoms with Gasteiger partial charge in [0.25, 0.3) is 5.91 Å². The number of amides is 2. The van der Waals surface area contributed by atoms with Crippen LogP contribution in [0.4, 0.5) is 16.4 Å². The predicted octanol–water partition coefficient (Wildman–Crippen LogP) is 3.39. The van der Waals surface area contributed by atoms with Gasteiger partial charge in [-0.25, -0.2) is 9.78 Å². The molecule has 0 aliphatic carbocycles. The minimum Gasteiger partial charge on any atom is -0.469 e. The molecule has 6 rings (SSSR count). The zero-order chi connectivity index (χ0) is 26.4. The molecular formula is C27H33N5O6. The van der Waals surface area contributed by atoms with Gasteiger partial charge in [0.2, 0.25) is 11.8 Å². The highest BCUT2D eigenvalue weighted by Crippen LogP contribution is 2.38. The smallest absolute Gasteiger partial charge is 0.409 e. The standard InChI is InChI=1S/C27H33N5O6/c1-27(2)15-32(18-9-11-36-12-10-18)24(33)21-22(16-3-5-17(6-4-16)28-26(34)35)29-25(30-23(21)38-27)31-13-19-7-8-20(14-31)37-19/h3-6,18-20,28H,7-15H2,1-2H3,(H,34,35). The van der Waals surface area contributed by atoms with Crippen LogP contribution in [0.25, 0.3) is 11.3 Å². The van der Waals surface area contributed by atoms with Crippen LogP contribution in [-0.2, 0) is 9.47 Å². The maximum atomic E-state index is 14.2. The Kier molecular flexibility index (Phi) is 6.35. The molecule has 4 aliphatic rings. The van der Waals surface area contributed by atoms with Crippen LogP contribution in [0.5, 0.6) is 5.88 Å². The number of benzene rings is 1. The van der Waals surface area contributed by atoms with Gasteiger partial charge in [-0.3, -0.25) is 10.1 Å². The van der Waals surface area contributed by atoms with Crippen molar-refractivity contribution in [2.75, 3.05) is 43.1 Å². The van der Waals surface area contributed by atoms with Gasteiger partial charge in [-0.1, -0.05) is 12.1 Å². The Morgan fingerprint density at radius 3 is 2.39 bits per heavy atom. The molecule has 11 nitrogen and oxygen atoms in total. The summed E-state index contributed by atoms with van der Waals surface area (Å²) >= 11 is 0. The number of morpholine rings is 1. The van der Waals surface area contributed by atoms with Gasteiger partial charge in [0.05, 0.1) is 24.4 Å². The summed E-state index contributed by atoms with van der Waals surface area (Å²) in [6.07, 6.45) is 2.69. The number of nitrogens with one attached hydrogen (secondary N) is 1. The molecule has 0 spiro atoms. The van der Waals surface area contributed by atoms with E-state index in [-0.39, 0.29) is 30.0 Å². The average Bonchev–Trinajstić information content (AvgIpc) is 3.18. The third kappa shape index (κ3) is 4.88. The first-order valence-electron chi connectivity index (χ1n) is 13.3. The highest BCUT2D eigenvalue weighted by Gasteiger charge is 2.42. The van der Waals surface area contributed by atoms with Crippen molar-refractivity contribution in [2.45, 2.75) is 63.4 Å². The monoisotopic (exact) mass is 523 g/mol. The molecule has 1 aromatic carbocycles. The zero-order valence-corrected chi connectivity index (χ0v) is 21.7. The minimum absolute atomic E-state index is 0.0367. The fourth-order valence-electron chi connectivity index (χ4n) is 5.87. The lowest BCUT2D eigenvalue weighted by atomic mass is 10.0. The van der Waals surface area contributed by atoms with Gasteiger partial charge in [0.15, 0.2) is 0 Å². The van der Waals surface area contributed by atoms with Crippen LogP contribution in [0.3, 0.4) is 0 Å². The maximum Gasteiger partial charge on any atom is 0.409 e. The molecule has 202 valence electrons. The third-order valence-electron chi connectivity index (χ3n) is 7.63. The molecule has 5 heterocycles. The second-order valence-corrected chi connectivity index (χ2v) is 11.1. The number of hydrogen-bond donors (Lipinski definition) is 2. The van der Waals surface area contributed by atoms with E-state index in [1.807, 2.05) is 18.7 Å². The first-order chi connectivity index (χ1) is 18.3. The van der Waals surface area contributed by atoms with Gasteiger partial charge < -0.3 is 29.1 Å². The molecule has 2 atom stereocenters. The van der Waals surface area contributed by atoms with Gasteiger partial charge in [0.1, 0.15) is 11.2 Å². The summed E-state index contributed by atoms with van der Waals surface area (Å²) in [6, 6.07) is 6.89. The molecule has 3 saturated heterocycles. The van der Waals surface area contributed by atoms with E-state index in [0.717, 1.165) is 25.7 Å². The number of rotatable bonds is 4. The number of hydrogen-bond acceptors (Lipinski definition) is 8. The molecule has 2 aromatic rings. The lowest BCUT2D eigenvalue weighted by molar-refractivity contribution is 0.00668. The van der Waals surface area contributed by atoms with E-state index in [0.29, 0.717) is 61.3 Å². The Morgan fingerprint density at radius 2 is 1.74 bits per heavy atom. The summed E-state index contributed by atoms with van der Waals surface area (Å²) < 4.78 is 18.1. The highest BCUT2D eigenvalue weighted by atomic mass is 16.5. The molecular weight excluding hydrogens is 490 g/mol. The minimum atomic E-state index is -1.14. The van der Waals surface area contributed by atoms with E-state index in [4.69, 9.17) is 29.3 Å². The molecule has 0 saturated carbocycles. The SMILES string of the molecule is CC1(C)CN(C2CCOCC2)C(=O)c2c(nc(N3CC4CCC(C3)O4)nc2-c2ccc(NC(=O)O)cc2)O1. The van der Waals surface area contributed by atoms with Gasteiger partial charge in [0, 0.05) is 43.6 Å². The summed E-state index contributed by atoms with van der Waals surface area (Å²) in [6.45, 7) is 6.97. The molecule has 2 N–H and O–H groups in total. The molecule has 4 aliphatic heterocycles. The number of carboxylic acid groups (broad SMARTS) is 1. The van der Waals surface area contributed by atoms with E-state index < -0.39 is 11.7 Å². The van der Waals surface area contributed by atoms with Crippen molar-refractivity contribution in [3.05, 3.63) is 29.8 Å². The largest absolute Gasteiger partial charge is 0.469 e. The second kappa shape index (κ2) is 9.70. The predicted molar refractivity (Wildman–Crippen MR) is 139 cm³/mol. The topological polar surface area (TPSA) is 126 Å². The number of aromatic nitrogens is 2. The Labute approximate surface area is 221 Å². The Morgan fingerprint density at radius 1 is 1.05 bits per heavy atom. The quantitative estimate of drug-likeness (QED) is 0.620. The van der Waals surface area contributed by atoms with E-state index in [2.05, 4.69) is 10.2 Å². The van der Waals surface area contributed by atoms with Crippen LogP contribution in [0, 0.1) is 0 Å². The van der Waals surface area contributed by atoms with Crippen molar-refractivity contribution in [1.29, 1.82) is 0 Å². The average molecular weight is 524 g/mol. The second-order valence-electron chi connectivity index (χ2n) is 11.1. The summed E-state index contributed by atoms with van der Waals surface area (Å²) in [5.41, 5.74) is 1.26. The summed E-state index contributed by atoms with van der Waals surface area (Å²) in [7, 11) is 0. The fraction of sp³-hybridized carbons (Fsp3) is 0.556. The van der Waals surface area contributed by atoms with Crippen molar-refractivity contribution in [3.63, 3.8) is 0 Å². The van der Waals surface area contributed by atoms with Crippen LogP contribution in [0.1, 0.15) is 49.9 Å². The summed E-state index contributed by atoms with van der Waals surface area (Å²) in [5.74, 6) is 0.629. The van der Waals surface area contributed by atoms with Crippen molar-refractivity contribution in [2.24, 2.45) is 0 Å². The van der Waals surface area contributed by atoms with Crippen LogP contribution < -0.4 is 15.0 Å². The zero-order valence-electron chi connectivity index (χ0n) is 21.7. The number of anilines is 2. The first-order valence-corrected chi connectivity index (χ1v) is 13.3. The number of carbonyl (C=O) groups excluding carboxylic acids is 1. The Bertz CT molecular complexity index is 1220. The normalized spacial score (nSPS) is 24.9. The molecule has 11 heteroatoms. The number of fused-ring (bicyclic) bond motifs is 3. The van der Waals surface area contributed by atoms with Gasteiger partial charge in [-0.2, -0.15) is 4.98 Å². The lowest BCUT2D eigenvalue weighted by Crippen LogP contribution is -2.49. The maximum absolute atomic E-state index is 14.2. The Hall–Kier alpha value is -3.44. The molecule has 38 heavy (non-hydrogen) atoms. The van der Waals surface area contributed by atoms with Gasteiger partial charge >= 0.3 is 6.09 Å². The summed E-state index contributed by atoms with van der Waals surface area (Å²) in [5, 5.41) is 11.4. The van der Waals surface area contributed by atoms with Crippen molar-refractivity contribution in [1.82, 2.24) is 14.9 Å². The molecule has 2 bridgehead atoms. The van der Waals surface area contributed by atoms with Crippen LogP contribution >= 0.6 is 0 Å². The van der Waals surface area contributed by atoms with E-state index in [1.165, 1.54) is 0 Å². The van der Waals surface area contributed by atoms with Crippen molar-refractivity contribution < 1.29 is 28.9 Å². The van der Waals surface area contributed by atoms with Crippen LogP contribution in [-0.4, -0.2) is 88.7 Å². The van der Waals surface area contributed by atoms with Gasteiger partial charge in [-0.15, -0.1) is 0 Å². The third-order valence-corrected chi connectivity index (χ3v) is 7.63. The Balaban J connectivity index is 1.46. The molecule has 2 unspecified atom stereocenters. The summed E-state index contributed by atoms with van der Waals surface area (Å²) in [4.78, 5) is 39.1. The fourth-order valence-corrected chi connectivity index (χ4v) is 5.87. The number of carbonyl (C=O) groups is 2. The van der Waals surface area contributed by atoms with Crippen LogP contribution in [0.2, 0.25) is 0 Å². The van der Waals surface area contributed by atoms with Crippen molar-refractivity contribution in [3.8, 4) is 17.1 Å². The molecule has 1 aromatic heterocycles. The molecule has 3 fully saturated rings. The van der Waals surface area contributed by atoms with E-state index >= 15 is 0 Å². The lowest BCUT2D eigenvalue weighted by Gasteiger charge is -2.36. The van der Waals surface area contributed by atoms with Gasteiger partial charge in [-0.05, 0) is 51.7 Å². The molecule has 2 amide bonds. The van der Waals surface area contributed by atoms with Crippen molar-refractivity contribution >= 4 is 23.6 Å².